The molecule has 20 heavy (non-hydrogen) atoms. The van der Waals surface area contributed by atoms with E-state index < -0.39 is 0 Å². The van der Waals surface area contributed by atoms with Crippen molar-refractivity contribution in [1.82, 2.24) is 14.9 Å². The number of nitrogens with zero attached hydrogens (tertiary/aromatic N) is 3. The largest absolute Gasteiger partial charge is 0.335 e. The van der Waals surface area contributed by atoms with Gasteiger partial charge in [-0.2, -0.15) is 0 Å². The number of hydrogen-bond acceptors (Lipinski definition) is 3. The third-order valence-electron chi connectivity index (χ3n) is 4.02. The van der Waals surface area contributed by atoms with Gasteiger partial charge in [-0.15, -0.1) is 0 Å². The fraction of sp³-hybridized carbons (Fsp3) is 0.400. The van der Waals surface area contributed by atoms with E-state index in [1.54, 1.807) is 12.4 Å². The first-order valence-electron chi connectivity index (χ1n) is 6.78. The van der Waals surface area contributed by atoms with Crippen LogP contribution in [-0.2, 0) is 0 Å². The van der Waals surface area contributed by atoms with Crippen LogP contribution in [-0.4, -0.2) is 38.7 Å². The number of likely N-dealkylation sites (tertiary alicyclic amines) is 1. The van der Waals surface area contributed by atoms with E-state index in [2.05, 4.69) is 32.8 Å². The summed E-state index contributed by atoms with van der Waals surface area (Å²) in [6.45, 7) is 3.03. The molecular formula is C15H16BrN3O. The topological polar surface area (TPSA) is 46.1 Å². The quantitative estimate of drug-likeness (QED) is 0.794. The Labute approximate surface area is 126 Å². The summed E-state index contributed by atoms with van der Waals surface area (Å²) in [4.78, 5) is 23.1. The maximum Gasteiger partial charge on any atom is 0.254 e. The Morgan fingerprint density at radius 3 is 2.85 bits per heavy atom. The summed E-state index contributed by atoms with van der Waals surface area (Å²) in [5.74, 6) is 0.630. The van der Waals surface area contributed by atoms with Gasteiger partial charge in [0.2, 0.25) is 0 Å². The van der Waals surface area contributed by atoms with Gasteiger partial charge in [0.25, 0.3) is 5.91 Å². The van der Waals surface area contributed by atoms with Crippen molar-refractivity contribution in [2.45, 2.75) is 19.4 Å². The molecular weight excluding hydrogens is 318 g/mol. The molecule has 2 atom stereocenters. The molecule has 1 aliphatic rings. The molecule has 2 unspecified atom stereocenters. The Kier molecular flexibility index (Phi) is 3.70. The maximum absolute atomic E-state index is 12.7. The van der Waals surface area contributed by atoms with Crippen LogP contribution in [0.5, 0.6) is 0 Å². The lowest BCUT2D eigenvalue weighted by atomic mass is 10.0. The molecule has 0 spiro atoms. The predicted molar refractivity (Wildman–Crippen MR) is 81.9 cm³/mol. The average molecular weight is 334 g/mol. The van der Waals surface area contributed by atoms with Crippen LogP contribution in [0.3, 0.4) is 0 Å². The Morgan fingerprint density at radius 2 is 2.10 bits per heavy atom. The Bertz CT molecular complexity index is 646. The molecule has 1 aliphatic heterocycles. The second kappa shape index (κ2) is 5.48. The second-order valence-corrected chi connectivity index (χ2v) is 5.89. The molecule has 2 heterocycles. The number of fused-ring (bicyclic) bond motifs is 1. The molecule has 1 fully saturated rings. The van der Waals surface area contributed by atoms with Crippen LogP contribution in [0.15, 0.2) is 30.6 Å². The molecule has 1 aromatic heterocycles. The van der Waals surface area contributed by atoms with Crippen LogP contribution in [0.4, 0.5) is 0 Å². The lowest BCUT2D eigenvalue weighted by molar-refractivity contribution is 0.0739. The van der Waals surface area contributed by atoms with Crippen molar-refractivity contribution >= 4 is 32.9 Å². The van der Waals surface area contributed by atoms with Crippen molar-refractivity contribution in [3.8, 4) is 0 Å². The zero-order valence-electron chi connectivity index (χ0n) is 11.3. The number of alkyl halides is 1. The first-order valence-corrected chi connectivity index (χ1v) is 7.90. The highest BCUT2D eigenvalue weighted by Crippen LogP contribution is 2.27. The highest BCUT2D eigenvalue weighted by Gasteiger charge is 2.33. The van der Waals surface area contributed by atoms with Gasteiger partial charge in [0.15, 0.2) is 0 Å². The minimum Gasteiger partial charge on any atom is -0.335 e. The molecule has 1 amide bonds. The van der Waals surface area contributed by atoms with E-state index in [1.807, 2.05) is 23.1 Å². The van der Waals surface area contributed by atoms with Gasteiger partial charge in [0.1, 0.15) is 0 Å². The Hall–Kier alpha value is -1.49. The monoisotopic (exact) mass is 333 g/mol. The molecule has 4 nitrogen and oxygen atoms in total. The third-order valence-corrected chi connectivity index (χ3v) is 4.68. The number of benzene rings is 1. The van der Waals surface area contributed by atoms with E-state index in [4.69, 9.17) is 0 Å². The number of hydrogen-bond donors (Lipinski definition) is 0. The smallest absolute Gasteiger partial charge is 0.254 e. The van der Waals surface area contributed by atoms with Gasteiger partial charge in [-0.25, -0.2) is 0 Å². The van der Waals surface area contributed by atoms with Gasteiger partial charge in [-0.1, -0.05) is 22.9 Å². The van der Waals surface area contributed by atoms with Gasteiger partial charge < -0.3 is 4.90 Å². The third kappa shape index (κ3) is 2.30. The fourth-order valence-corrected chi connectivity index (χ4v) is 3.75. The summed E-state index contributed by atoms with van der Waals surface area (Å²) in [6.07, 6.45) is 4.37. The zero-order valence-corrected chi connectivity index (χ0v) is 12.9. The maximum atomic E-state index is 12.7. The van der Waals surface area contributed by atoms with Gasteiger partial charge in [0.05, 0.1) is 11.0 Å². The van der Waals surface area contributed by atoms with E-state index in [9.17, 15) is 4.79 Å². The molecule has 0 aliphatic carbocycles. The van der Waals surface area contributed by atoms with Crippen LogP contribution in [0.2, 0.25) is 0 Å². The summed E-state index contributed by atoms with van der Waals surface area (Å²) < 4.78 is 0. The number of halogens is 1. The standard InChI is InChI=1S/C15H16BrN3O/c1-10-4-7-19(14(10)9-16)15(20)11-2-3-12-13(8-11)18-6-5-17-12/h2-3,5-6,8,10,14H,4,7,9H2,1H3. The van der Waals surface area contributed by atoms with E-state index >= 15 is 0 Å². The van der Waals surface area contributed by atoms with Crippen molar-refractivity contribution in [2.24, 2.45) is 5.92 Å². The van der Waals surface area contributed by atoms with Crippen molar-refractivity contribution in [3.05, 3.63) is 36.2 Å². The van der Waals surface area contributed by atoms with Crippen LogP contribution >= 0.6 is 15.9 Å². The molecule has 5 heteroatoms. The van der Waals surface area contributed by atoms with E-state index in [-0.39, 0.29) is 11.9 Å². The minimum atomic E-state index is 0.0892. The van der Waals surface area contributed by atoms with Crippen molar-refractivity contribution in [2.75, 3.05) is 11.9 Å². The summed E-state index contributed by atoms with van der Waals surface area (Å²) >= 11 is 3.52. The van der Waals surface area contributed by atoms with Crippen molar-refractivity contribution in [3.63, 3.8) is 0 Å². The minimum absolute atomic E-state index is 0.0892. The van der Waals surface area contributed by atoms with Gasteiger partial charge in [0, 0.05) is 35.9 Å². The van der Waals surface area contributed by atoms with E-state index in [0.717, 1.165) is 29.3 Å². The zero-order chi connectivity index (χ0) is 14.1. The summed E-state index contributed by atoms with van der Waals surface area (Å²) in [5, 5.41) is 0.827. The molecule has 0 N–H and O–H groups in total. The van der Waals surface area contributed by atoms with Crippen molar-refractivity contribution in [1.29, 1.82) is 0 Å². The SMILES string of the molecule is CC1CCN(C(=O)c2ccc3nccnc3c2)C1CBr. The summed E-state index contributed by atoms with van der Waals surface area (Å²) in [6, 6.07) is 5.81. The van der Waals surface area contributed by atoms with E-state index in [1.165, 1.54) is 0 Å². The molecule has 1 aromatic carbocycles. The first kappa shape index (κ1) is 13.5. The van der Waals surface area contributed by atoms with Gasteiger partial charge >= 0.3 is 0 Å². The number of rotatable bonds is 2. The fourth-order valence-electron chi connectivity index (χ4n) is 2.76. The summed E-state index contributed by atoms with van der Waals surface area (Å²) in [7, 11) is 0. The number of aromatic nitrogens is 2. The van der Waals surface area contributed by atoms with Crippen molar-refractivity contribution < 1.29 is 4.79 Å². The highest BCUT2D eigenvalue weighted by atomic mass is 79.9. The number of carbonyl (C=O) groups excluding carboxylic acids is 1. The van der Waals surface area contributed by atoms with Crippen LogP contribution in [0.25, 0.3) is 11.0 Å². The van der Waals surface area contributed by atoms with Crippen LogP contribution < -0.4 is 0 Å². The molecule has 104 valence electrons. The molecule has 1 saturated heterocycles. The molecule has 0 saturated carbocycles. The molecule has 3 rings (SSSR count). The first-order chi connectivity index (χ1) is 9.70. The second-order valence-electron chi connectivity index (χ2n) is 5.25. The van der Waals surface area contributed by atoms with Crippen LogP contribution in [0, 0.1) is 5.92 Å². The lowest BCUT2D eigenvalue weighted by Crippen LogP contribution is -2.38. The lowest BCUT2D eigenvalue weighted by Gasteiger charge is -2.25. The molecule has 0 bridgehead atoms. The van der Waals surface area contributed by atoms with Gasteiger partial charge in [-0.3, -0.25) is 14.8 Å². The summed E-state index contributed by atoms with van der Waals surface area (Å²) in [5.41, 5.74) is 2.27. The van der Waals surface area contributed by atoms with Crippen LogP contribution in [0.1, 0.15) is 23.7 Å². The van der Waals surface area contributed by atoms with Gasteiger partial charge in [-0.05, 0) is 30.5 Å². The number of carbonyl (C=O) groups is 1. The number of amides is 1. The average Bonchev–Trinajstić information content (AvgIpc) is 2.86. The van der Waals surface area contributed by atoms with E-state index in [0.29, 0.717) is 11.5 Å². The normalized spacial score (nSPS) is 22.4. The molecule has 0 radical (unpaired) electrons. The molecule has 2 aromatic rings. The Balaban J connectivity index is 1.92. The highest BCUT2D eigenvalue weighted by molar-refractivity contribution is 9.09. The Morgan fingerprint density at radius 1 is 1.35 bits per heavy atom. The predicted octanol–water partition coefficient (Wildman–Crippen LogP) is 2.88.